The average molecular weight is 441 g/mol. The summed E-state index contributed by atoms with van der Waals surface area (Å²) in [5.74, 6) is 1.18. The number of carbonyl (C=O) groups excluding carboxylic acids is 1. The third-order valence-corrected chi connectivity index (χ3v) is 5.57. The Morgan fingerprint density at radius 1 is 0.848 bits per heavy atom. The maximum Gasteiger partial charge on any atom is 0.229 e. The number of pyridine rings is 1. The first kappa shape index (κ1) is 22.3. The predicted octanol–water partition coefficient (Wildman–Crippen LogP) is 6.57. The van der Waals surface area contributed by atoms with Crippen LogP contribution in [0, 0.1) is 5.41 Å². The Hall–Kier alpha value is -3.86. The normalized spacial score (nSPS) is 11.3. The Kier molecular flexibility index (Phi) is 6.05. The molecule has 0 saturated heterocycles. The van der Waals surface area contributed by atoms with Gasteiger partial charge < -0.3 is 14.8 Å². The molecule has 33 heavy (non-hydrogen) atoms. The van der Waals surface area contributed by atoms with Gasteiger partial charge in [-0.2, -0.15) is 0 Å². The second kappa shape index (κ2) is 8.94. The number of hydrogen-bond acceptors (Lipinski definition) is 4. The van der Waals surface area contributed by atoms with Crippen LogP contribution in [0.3, 0.4) is 0 Å². The lowest BCUT2D eigenvalue weighted by molar-refractivity contribution is -0.123. The number of nitrogens with zero attached hydrogens (tertiary/aromatic N) is 1. The summed E-state index contributed by atoms with van der Waals surface area (Å²) in [6, 6.07) is 22.0. The number of ether oxygens (including phenoxy) is 2. The zero-order valence-corrected chi connectivity index (χ0v) is 19.6. The number of nitrogens with one attached hydrogen (secondary N) is 1. The minimum Gasteiger partial charge on any atom is -0.493 e. The maximum absolute atomic E-state index is 12.7. The molecule has 0 aliphatic rings. The van der Waals surface area contributed by atoms with Gasteiger partial charge in [0.2, 0.25) is 5.91 Å². The number of hydrogen-bond donors (Lipinski definition) is 1. The summed E-state index contributed by atoms with van der Waals surface area (Å²) in [5.41, 5.74) is 4.82. The van der Waals surface area contributed by atoms with Crippen molar-refractivity contribution < 1.29 is 14.3 Å². The molecule has 0 bridgehead atoms. The smallest absolute Gasteiger partial charge is 0.229 e. The fourth-order valence-electron chi connectivity index (χ4n) is 3.75. The highest BCUT2D eigenvalue weighted by Gasteiger charge is 2.23. The minimum atomic E-state index is -0.501. The van der Waals surface area contributed by atoms with Crippen LogP contribution in [0.25, 0.3) is 33.2 Å². The highest BCUT2D eigenvalue weighted by Crippen LogP contribution is 2.42. The molecular weight excluding hydrogens is 412 g/mol. The third-order valence-electron chi connectivity index (χ3n) is 5.57. The summed E-state index contributed by atoms with van der Waals surface area (Å²) in [6.45, 7) is 5.69. The average Bonchev–Trinajstić information content (AvgIpc) is 2.83. The molecule has 1 amide bonds. The number of rotatable bonds is 5. The summed E-state index contributed by atoms with van der Waals surface area (Å²) >= 11 is 0. The molecule has 0 atom stereocenters. The van der Waals surface area contributed by atoms with E-state index in [4.69, 9.17) is 14.5 Å². The van der Waals surface area contributed by atoms with Crippen molar-refractivity contribution >= 4 is 22.5 Å². The largest absolute Gasteiger partial charge is 0.493 e. The second-order valence-electron chi connectivity index (χ2n) is 8.90. The first-order chi connectivity index (χ1) is 15.8. The topological polar surface area (TPSA) is 60.5 Å². The van der Waals surface area contributed by atoms with Gasteiger partial charge in [-0.05, 0) is 29.3 Å². The van der Waals surface area contributed by atoms with Crippen molar-refractivity contribution in [3.8, 4) is 33.8 Å². The van der Waals surface area contributed by atoms with Crippen molar-refractivity contribution in [2.24, 2.45) is 5.41 Å². The SMILES string of the molecule is COc1cc(-c2ccccc2)c2cc(-c3ccccc3NC(=O)C(C)(C)C)cnc2c1OC. The van der Waals surface area contributed by atoms with Crippen LogP contribution in [0.15, 0.2) is 72.9 Å². The van der Waals surface area contributed by atoms with E-state index in [1.165, 1.54) is 0 Å². The van der Waals surface area contributed by atoms with Crippen molar-refractivity contribution in [3.63, 3.8) is 0 Å². The minimum absolute atomic E-state index is 0.0416. The summed E-state index contributed by atoms with van der Waals surface area (Å²) < 4.78 is 11.3. The van der Waals surface area contributed by atoms with Gasteiger partial charge in [-0.15, -0.1) is 0 Å². The van der Waals surface area contributed by atoms with Gasteiger partial charge in [0, 0.05) is 33.8 Å². The highest BCUT2D eigenvalue weighted by molar-refractivity contribution is 6.03. The van der Waals surface area contributed by atoms with Gasteiger partial charge in [0.15, 0.2) is 11.5 Å². The van der Waals surface area contributed by atoms with E-state index >= 15 is 0 Å². The summed E-state index contributed by atoms with van der Waals surface area (Å²) in [7, 11) is 3.24. The molecule has 4 aromatic rings. The highest BCUT2D eigenvalue weighted by atomic mass is 16.5. The Balaban J connectivity index is 1.93. The van der Waals surface area contributed by atoms with Crippen LogP contribution in [0.2, 0.25) is 0 Å². The predicted molar refractivity (Wildman–Crippen MR) is 134 cm³/mol. The van der Waals surface area contributed by atoms with Crippen LogP contribution < -0.4 is 14.8 Å². The molecule has 5 heteroatoms. The van der Waals surface area contributed by atoms with E-state index in [1.54, 1.807) is 20.4 Å². The van der Waals surface area contributed by atoms with E-state index in [0.29, 0.717) is 11.5 Å². The molecule has 0 aliphatic carbocycles. The van der Waals surface area contributed by atoms with Gasteiger partial charge in [0.05, 0.1) is 14.2 Å². The molecule has 0 radical (unpaired) electrons. The first-order valence-electron chi connectivity index (χ1n) is 10.8. The van der Waals surface area contributed by atoms with E-state index in [0.717, 1.165) is 38.8 Å². The van der Waals surface area contributed by atoms with E-state index in [-0.39, 0.29) is 5.91 Å². The third kappa shape index (κ3) is 4.40. The number of fused-ring (bicyclic) bond motifs is 1. The van der Waals surface area contributed by atoms with Crippen LogP contribution in [-0.4, -0.2) is 25.1 Å². The maximum atomic E-state index is 12.7. The summed E-state index contributed by atoms with van der Waals surface area (Å²) in [4.78, 5) is 17.4. The molecule has 0 aliphatic heterocycles. The van der Waals surface area contributed by atoms with Gasteiger partial charge in [0.1, 0.15) is 5.52 Å². The lowest BCUT2D eigenvalue weighted by Crippen LogP contribution is -2.27. The van der Waals surface area contributed by atoms with Gasteiger partial charge in [-0.3, -0.25) is 9.78 Å². The molecule has 0 saturated carbocycles. The quantitative estimate of drug-likeness (QED) is 0.381. The fraction of sp³-hybridized carbons (Fsp3) is 0.214. The van der Waals surface area contributed by atoms with Crippen LogP contribution in [0.5, 0.6) is 11.5 Å². The second-order valence-corrected chi connectivity index (χ2v) is 8.90. The van der Waals surface area contributed by atoms with Gasteiger partial charge in [-0.1, -0.05) is 69.3 Å². The van der Waals surface area contributed by atoms with E-state index in [9.17, 15) is 4.79 Å². The molecule has 0 unspecified atom stereocenters. The van der Waals surface area contributed by atoms with Crippen molar-refractivity contribution in [2.75, 3.05) is 19.5 Å². The van der Waals surface area contributed by atoms with Crippen LogP contribution >= 0.6 is 0 Å². The lowest BCUT2D eigenvalue weighted by atomic mass is 9.94. The van der Waals surface area contributed by atoms with Crippen molar-refractivity contribution in [3.05, 3.63) is 72.9 Å². The molecule has 4 rings (SSSR count). The van der Waals surface area contributed by atoms with Crippen molar-refractivity contribution in [2.45, 2.75) is 20.8 Å². The molecule has 0 fully saturated rings. The zero-order valence-electron chi connectivity index (χ0n) is 19.6. The van der Waals surface area contributed by atoms with E-state index in [1.807, 2.05) is 69.3 Å². The molecular formula is C28H28N2O3. The van der Waals surface area contributed by atoms with Crippen LogP contribution in [0.1, 0.15) is 20.8 Å². The zero-order chi connectivity index (χ0) is 23.6. The summed E-state index contributed by atoms with van der Waals surface area (Å²) in [6.07, 6.45) is 1.81. The molecule has 0 spiro atoms. The first-order valence-corrected chi connectivity index (χ1v) is 10.8. The lowest BCUT2D eigenvalue weighted by Gasteiger charge is -2.20. The number of para-hydroxylation sites is 1. The molecule has 5 nitrogen and oxygen atoms in total. The summed E-state index contributed by atoms with van der Waals surface area (Å²) in [5, 5.41) is 4.01. The molecule has 1 aromatic heterocycles. The van der Waals surface area contributed by atoms with Crippen LogP contribution in [-0.2, 0) is 4.79 Å². The number of benzene rings is 3. The van der Waals surface area contributed by atoms with E-state index in [2.05, 4.69) is 23.5 Å². The fourth-order valence-corrected chi connectivity index (χ4v) is 3.75. The number of carbonyl (C=O) groups is 1. The van der Waals surface area contributed by atoms with Crippen LogP contribution in [0.4, 0.5) is 5.69 Å². The van der Waals surface area contributed by atoms with Gasteiger partial charge in [0.25, 0.3) is 0 Å². The Morgan fingerprint density at radius 3 is 2.21 bits per heavy atom. The molecule has 1 N–H and O–H groups in total. The van der Waals surface area contributed by atoms with Crippen molar-refractivity contribution in [1.29, 1.82) is 0 Å². The number of amides is 1. The van der Waals surface area contributed by atoms with Gasteiger partial charge >= 0.3 is 0 Å². The number of anilines is 1. The Morgan fingerprint density at radius 2 is 1.55 bits per heavy atom. The molecule has 168 valence electrons. The van der Waals surface area contributed by atoms with Gasteiger partial charge in [-0.25, -0.2) is 0 Å². The van der Waals surface area contributed by atoms with Crippen molar-refractivity contribution in [1.82, 2.24) is 4.98 Å². The standard InChI is InChI=1S/C28H28N2O3/c1-28(2,3)27(31)30-23-14-10-9-13-20(23)19-15-22-21(18-11-7-6-8-12-18)16-24(32-4)26(33-5)25(22)29-17-19/h6-17H,1-5H3,(H,30,31). The Labute approximate surface area is 194 Å². The van der Waals surface area contributed by atoms with E-state index < -0.39 is 5.41 Å². The Bertz CT molecular complexity index is 1310. The molecule has 1 heterocycles. The molecule has 3 aromatic carbocycles. The number of methoxy groups -OCH3 is 2. The number of aromatic nitrogens is 1. The monoisotopic (exact) mass is 440 g/mol.